The molecule has 0 saturated carbocycles. The van der Waals surface area contributed by atoms with Crippen LogP contribution < -0.4 is 15.4 Å². The number of sulfonamides is 1. The van der Waals surface area contributed by atoms with Gasteiger partial charge in [-0.05, 0) is 31.2 Å². The van der Waals surface area contributed by atoms with E-state index in [-0.39, 0.29) is 22.1 Å². The molecule has 0 bridgehead atoms. The standard InChI is InChI=1S/C18H17F3N4O3S/c1-11(23-16-12-6-2-5-9-15(12)29(27,28)25-16)17(26)24-14-8-4-3-7-13(14)22-10-18(19,20)21/h2-9,11,22H,10H2,1H3,(H,23,25)(H,24,26)/t11-/m0/s1. The average molecular weight is 426 g/mol. The number of nitrogens with zero attached hydrogens (tertiary/aromatic N) is 1. The van der Waals surface area contributed by atoms with Crippen molar-refractivity contribution in [3.8, 4) is 0 Å². The van der Waals surface area contributed by atoms with Gasteiger partial charge in [-0.3, -0.25) is 14.5 Å². The summed E-state index contributed by atoms with van der Waals surface area (Å²) in [4.78, 5) is 16.7. The number of carbonyl (C=O) groups excluding carboxylic acids is 1. The van der Waals surface area contributed by atoms with E-state index in [0.717, 1.165) is 0 Å². The second-order valence-corrected chi connectivity index (χ2v) is 7.91. The van der Waals surface area contributed by atoms with Crippen LogP contribution in [0.4, 0.5) is 24.5 Å². The Hall–Kier alpha value is -3.08. The fraction of sp³-hybridized carbons (Fsp3) is 0.222. The third kappa shape index (κ3) is 4.86. The summed E-state index contributed by atoms with van der Waals surface area (Å²) < 4.78 is 63.9. The summed E-state index contributed by atoms with van der Waals surface area (Å²) in [5.41, 5.74) is 0.602. The lowest BCUT2D eigenvalue weighted by molar-refractivity contribution is -0.117. The van der Waals surface area contributed by atoms with Gasteiger partial charge in [-0.1, -0.05) is 24.3 Å². The molecule has 0 unspecified atom stereocenters. The maximum Gasteiger partial charge on any atom is 0.405 e. The van der Waals surface area contributed by atoms with Gasteiger partial charge in [-0.25, -0.2) is 8.42 Å². The third-order valence-electron chi connectivity index (χ3n) is 4.03. The molecule has 7 nitrogen and oxygen atoms in total. The van der Waals surface area contributed by atoms with E-state index in [4.69, 9.17) is 0 Å². The summed E-state index contributed by atoms with van der Waals surface area (Å²) in [5, 5.41) is 4.74. The molecule has 1 atom stereocenters. The molecule has 11 heteroatoms. The number of rotatable bonds is 5. The maximum atomic E-state index is 12.5. The summed E-state index contributed by atoms with van der Waals surface area (Å²) >= 11 is 0. The topological polar surface area (TPSA) is 99.7 Å². The van der Waals surface area contributed by atoms with Crippen LogP contribution in [0, 0.1) is 0 Å². The number of halogens is 3. The van der Waals surface area contributed by atoms with Crippen molar-refractivity contribution in [1.82, 2.24) is 4.72 Å². The van der Waals surface area contributed by atoms with E-state index in [1.165, 1.54) is 31.2 Å². The van der Waals surface area contributed by atoms with Gasteiger partial charge in [0.05, 0.1) is 16.3 Å². The number of aliphatic imine (C=N–C) groups is 1. The number of hydrogen-bond acceptors (Lipinski definition) is 5. The van der Waals surface area contributed by atoms with Crippen molar-refractivity contribution in [3.05, 3.63) is 54.1 Å². The Morgan fingerprint density at radius 1 is 1.10 bits per heavy atom. The molecule has 2 aromatic rings. The normalized spacial score (nSPS) is 17.3. The van der Waals surface area contributed by atoms with E-state index >= 15 is 0 Å². The zero-order valence-electron chi connectivity index (χ0n) is 15.1. The van der Waals surface area contributed by atoms with Crippen molar-refractivity contribution < 1.29 is 26.4 Å². The van der Waals surface area contributed by atoms with Gasteiger partial charge in [-0.2, -0.15) is 13.2 Å². The molecule has 1 aliphatic heterocycles. The molecule has 0 fully saturated rings. The number of carbonyl (C=O) groups is 1. The zero-order chi connectivity index (χ0) is 21.2. The average Bonchev–Trinajstić information content (AvgIpc) is 2.91. The predicted molar refractivity (Wildman–Crippen MR) is 102 cm³/mol. The van der Waals surface area contributed by atoms with Crippen molar-refractivity contribution in [1.29, 1.82) is 0 Å². The van der Waals surface area contributed by atoms with Crippen LogP contribution in [0.25, 0.3) is 0 Å². The fourth-order valence-electron chi connectivity index (χ4n) is 2.66. The van der Waals surface area contributed by atoms with Crippen molar-refractivity contribution in [2.45, 2.75) is 24.0 Å². The van der Waals surface area contributed by atoms with Crippen LogP contribution in [0.1, 0.15) is 12.5 Å². The van der Waals surface area contributed by atoms with Crippen molar-refractivity contribution >= 4 is 33.1 Å². The highest BCUT2D eigenvalue weighted by atomic mass is 32.2. The van der Waals surface area contributed by atoms with Crippen LogP contribution in [0.5, 0.6) is 0 Å². The minimum absolute atomic E-state index is 0.0340. The van der Waals surface area contributed by atoms with Gasteiger partial charge in [0, 0.05) is 5.56 Å². The van der Waals surface area contributed by atoms with E-state index in [0.29, 0.717) is 5.56 Å². The molecular formula is C18H17F3N4O3S. The molecule has 0 radical (unpaired) electrons. The van der Waals surface area contributed by atoms with Crippen molar-refractivity contribution in [2.24, 2.45) is 4.99 Å². The number of nitrogens with one attached hydrogen (secondary N) is 3. The minimum Gasteiger partial charge on any atom is -0.375 e. The monoisotopic (exact) mass is 426 g/mol. The van der Waals surface area contributed by atoms with Crippen LogP contribution in [-0.2, 0) is 14.8 Å². The third-order valence-corrected chi connectivity index (χ3v) is 5.43. The first-order valence-electron chi connectivity index (χ1n) is 8.47. The van der Waals surface area contributed by atoms with Gasteiger partial charge in [0.15, 0.2) is 0 Å². The lowest BCUT2D eigenvalue weighted by Crippen LogP contribution is -2.29. The first-order chi connectivity index (χ1) is 13.6. The lowest BCUT2D eigenvalue weighted by Gasteiger charge is -2.15. The second kappa shape index (κ2) is 7.74. The predicted octanol–water partition coefficient (Wildman–Crippen LogP) is 2.73. The number of benzene rings is 2. The maximum absolute atomic E-state index is 12.5. The molecule has 3 N–H and O–H groups in total. The number of para-hydroxylation sites is 2. The van der Waals surface area contributed by atoms with Gasteiger partial charge in [0.1, 0.15) is 18.4 Å². The molecule has 0 spiro atoms. The molecule has 29 heavy (non-hydrogen) atoms. The summed E-state index contributed by atoms with van der Waals surface area (Å²) in [6.45, 7) is 0.194. The van der Waals surface area contributed by atoms with E-state index in [9.17, 15) is 26.4 Å². The van der Waals surface area contributed by atoms with E-state index in [1.807, 2.05) is 0 Å². The highest BCUT2D eigenvalue weighted by Gasteiger charge is 2.31. The van der Waals surface area contributed by atoms with Gasteiger partial charge < -0.3 is 10.6 Å². The zero-order valence-corrected chi connectivity index (χ0v) is 15.9. The lowest BCUT2D eigenvalue weighted by atomic mass is 10.2. The Morgan fingerprint density at radius 3 is 2.41 bits per heavy atom. The number of amidine groups is 1. The molecule has 1 amide bonds. The molecule has 0 aromatic heterocycles. The van der Waals surface area contributed by atoms with Gasteiger partial charge in [0.25, 0.3) is 10.0 Å². The molecule has 0 aliphatic carbocycles. The molecule has 1 aliphatic rings. The summed E-state index contributed by atoms with van der Waals surface area (Å²) in [7, 11) is -3.74. The fourth-order valence-corrected chi connectivity index (χ4v) is 3.90. The van der Waals surface area contributed by atoms with Gasteiger partial charge in [0.2, 0.25) is 5.91 Å². The van der Waals surface area contributed by atoms with E-state index in [1.54, 1.807) is 24.3 Å². The molecule has 1 heterocycles. The minimum atomic E-state index is -4.41. The number of hydrogen-bond donors (Lipinski definition) is 3. The quantitative estimate of drug-likeness (QED) is 0.685. The highest BCUT2D eigenvalue weighted by Crippen LogP contribution is 2.25. The highest BCUT2D eigenvalue weighted by molar-refractivity contribution is 7.90. The summed E-state index contributed by atoms with van der Waals surface area (Å²) in [6, 6.07) is 11.1. The number of amides is 1. The van der Waals surface area contributed by atoms with E-state index < -0.39 is 34.7 Å². The van der Waals surface area contributed by atoms with Gasteiger partial charge >= 0.3 is 6.18 Å². The Kier molecular flexibility index (Phi) is 5.51. The molecule has 2 aromatic carbocycles. The van der Waals surface area contributed by atoms with Crippen LogP contribution in [0.3, 0.4) is 0 Å². The van der Waals surface area contributed by atoms with Crippen molar-refractivity contribution in [2.75, 3.05) is 17.2 Å². The number of fused-ring (bicyclic) bond motifs is 1. The Labute approximate surface area is 165 Å². The molecule has 154 valence electrons. The summed E-state index contributed by atoms with van der Waals surface area (Å²) in [5.74, 6) is -0.575. The van der Waals surface area contributed by atoms with E-state index in [2.05, 4.69) is 20.3 Å². The van der Waals surface area contributed by atoms with Crippen LogP contribution in [0.15, 0.2) is 58.4 Å². The Morgan fingerprint density at radius 2 is 1.72 bits per heavy atom. The van der Waals surface area contributed by atoms with Crippen molar-refractivity contribution in [3.63, 3.8) is 0 Å². The largest absolute Gasteiger partial charge is 0.405 e. The van der Waals surface area contributed by atoms with Crippen LogP contribution in [0.2, 0.25) is 0 Å². The first kappa shape index (κ1) is 20.6. The molecular weight excluding hydrogens is 409 g/mol. The Bertz CT molecular complexity index is 1070. The molecule has 3 rings (SSSR count). The summed E-state index contributed by atoms with van der Waals surface area (Å²) in [6.07, 6.45) is -4.41. The second-order valence-electron chi connectivity index (χ2n) is 6.26. The van der Waals surface area contributed by atoms with Crippen LogP contribution in [-0.4, -0.2) is 38.9 Å². The number of anilines is 2. The Balaban J connectivity index is 1.77. The SMILES string of the molecule is C[C@H](N=C1NS(=O)(=O)c2ccccc21)C(=O)Nc1ccccc1NCC(F)(F)F. The molecule has 0 saturated heterocycles. The van der Waals surface area contributed by atoms with Gasteiger partial charge in [-0.15, -0.1) is 0 Å². The van der Waals surface area contributed by atoms with Crippen LogP contribution >= 0.6 is 0 Å². The first-order valence-corrected chi connectivity index (χ1v) is 9.96. The smallest absolute Gasteiger partial charge is 0.375 e. The number of alkyl halides is 3.